The largest absolute Gasteiger partial charge is 0.469 e. The summed E-state index contributed by atoms with van der Waals surface area (Å²) in [6.07, 6.45) is -3.44. The molecule has 13 nitrogen and oxygen atoms in total. The normalized spacial score (nSPS) is 24.7. The second kappa shape index (κ2) is 5.81. The summed E-state index contributed by atoms with van der Waals surface area (Å²) in [6, 6.07) is 0. The molecule has 1 saturated heterocycles. The summed E-state index contributed by atoms with van der Waals surface area (Å²) in [5, 5.41) is 9.28. The van der Waals surface area contributed by atoms with Crippen LogP contribution in [0.5, 0.6) is 0 Å². The molecule has 1 aliphatic rings. The Balaban J connectivity index is 2.02. The van der Waals surface area contributed by atoms with Crippen LogP contribution in [0.1, 0.15) is 12.6 Å². The number of hydrogen-bond acceptors (Lipinski definition) is 8. The highest BCUT2D eigenvalue weighted by atomic mass is 31.2. The standard InChI is InChI=1S/C10H14N5O8P/c11-7-6-8(14-9(17)13-7)15(10(18)12-6)5-1-3(4(2-16)22-5)23-24(19,20)21/h3-5,16H,1-2H2,(H,12,18)(H2,19,20,21)(H3,11,13,14,17)/t3-,4+,5+/m0/s1. The van der Waals surface area contributed by atoms with Crippen molar-refractivity contribution < 1.29 is 28.7 Å². The third kappa shape index (κ3) is 3.00. The molecule has 1 aliphatic heterocycles. The van der Waals surface area contributed by atoms with Crippen molar-refractivity contribution in [1.82, 2.24) is 19.5 Å². The smallest absolute Gasteiger partial charge is 0.394 e. The van der Waals surface area contributed by atoms with Crippen LogP contribution in [0.25, 0.3) is 11.2 Å². The number of nitrogens with two attached hydrogens (primary N) is 1. The van der Waals surface area contributed by atoms with Gasteiger partial charge < -0.3 is 30.3 Å². The molecule has 0 unspecified atom stereocenters. The van der Waals surface area contributed by atoms with E-state index in [9.17, 15) is 19.3 Å². The number of phosphoric acid groups is 1. The maximum absolute atomic E-state index is 12.1. The average molecular weight is 363 g/mol. The third-order valence-electron chi connectivity index (χ3n) is 3.54. The first kappa shape index (κ1) is 16.8. The van der Waals surface area contributed by atoms with Gasteiger partial charge in [-0.15, -0.1) is 0 Å². The number of aliphatic hydroxyl groups excluding tert-OH is 1. The second-order valence-corrected chi connectivity index (χ2v) is 6.33. The number of nitrogens with zero attached hydrogens (tertiary/aromatic N) is 2. The van der Waals surface area contributed by atoms with Crippen LogP contribution in [0.4, 0.5) is 5.82 Å². The van der Waals surface area contributed by atoms with Gasteiger partial charge in [0.25, 0.3) is 0 Å². The molecule has 2 aromatic rings. The topological polar surface area (TPSA) is 206 Å². The monoisotopic (exact) mass is 363 g/mol. The van der Waals surface area contributed by atoms with Crippen molar-refractivity contribution >= 4 is 24.8 Å². The van der Waals surface area contributed by atoms with Crippen LogP contribution in [-0.4, -0.2) is 53.2 Å². The van der Waals surface area contributed by atoms with Crippen LogP contribution >= 0.6 is 7.82 Å². The third-order valence-corrected chi connectivity index (χ3v) is 4.09. The predicted octanol–water partition coefficient (Wildman–Crippen LogP) is -2.25. The molecule has 3 rings (SSSR count). The Hall–Kier alpha value is -2.02. The summed E-state index contributed by atoms with van der Waals surface area (Å²) in [6.45, 7) is -0.589. The van der Waals surface area contributed by atoms with Crippen molar-refractivity contribution in [2.24, 2.45) is 0 Å². The fraction of sp³-hybridized carbons (Fsp3) is 0.500. The summed E-state index contributed by atoms with van der Waals surface area (Å²) in [7, 11) is -4.82. The first-order valence-electron chi connectivity index (χ1n) is 6.70. The summed E-state index contributed by atoms with van der Waals surface area (Å²) in [4.78, 5) is 49.7. The van der Waals surface area contributed by atoms with E-state index in [-0.39, 0.29) is 23.4 Å². The summed E-state index contributed by atoms with van der Waals surface area (Å²) >= 11 is 0. The molecule has 0 spiro atoms. The molecule has 1 fully saturated rings. The second-order valence-electron chi connectivity index (χ2n) is 5.14. The van der Waals surface area contributed by atoms with Crippen molar-refractivity contribution in [3.63, 3.8) is 0 Å². The molecule has 0 aromatic carbocycles. The molecular weight excluding hydrogens is 349 g/mol. The van der Waals surface area contributed by atoms with Crippen LogP contribution in [0.15, 0.2) is 9.59 Å². The van der Waals surface area contributed by atoms with Crippen LogP contribution < -0.4 is 17.1 Å². The summed E-state index contributed by atoms with van der Waals surface area (Å²) in [5.41, 5.74) is 4.14. The van der Waals surface area contributed by atoms with Crippen LogP contribution in [0.3, 0.4) is 0 Å². The van der Waals surface area contributed by atoms with Gasteiger partial charge in [0, 0.05) is 6.42 Å². The van der Waals surface area contributed by atoms with Crippen LogP contribution in [0.2, 0.25) is 0 Å². The highest BCUT2D eigenvalue weighted by molar-refractivity contribution is 7.46. The first-order chi connectivity index (χ1) is 11.2. The van der Waals surface area contributed by atoms with E-state index in [1.165, 1.54) is 0 Å². The Kier molecular flexibility index (Phi) is 4.07. The maximum Gasteiger partial charge on any atom is 0.469 e. The maximum atomic E-state index is 12.1. The molecule has 0 saturated carbocycles. The zero-order valence-corrected chi connectivity index (χ0v) is 12.8. The van der Waals surface area contributed by atoms with E-state index in [1.54, 1.807) is 0 Å². The molecule has 0 radical (unpaired) electrons. The summed E-state index contributed by atoms with van der Waals surface area (Å²) in [5.74, 6) is -0.0967. The van der Waals surface area contributed by atoms with Crippen molar-refractivity contribution in [3.8, 4) is 0 Å². The predicted molar refractivity (Wildman–Crippen MR) is 77.9 cm³/mol. The molecule has 0 amide bonds. The van der Waals surface area contributed by atoms with Gasteiger partial charge in [-0.2, -0.15) is 4.98 Å². The van der Waals surface area contributed by atoms with Crippen LogP contribution in [-0.2, 0) is 13.8 Å². The van der Waals surface area contributed by atoms with E-state index in [0.717, 1.165) is 4.57 Å². The number of phosphoric ester groups is 1. The highest BCUT2D eigenvalue weighted by Crippen LogP contribution is 2.43. The van der Waals surface area contributed by atoms with E-state index in [4.69, 9.17) is 20.3 Å². The Morgan fingerprint density at radius 1 is 1.42 bits per heavy atom. The molecule has 3 atom stereocenters. The minimum absolute atomic E-state index is 0.0835. The average Bonchev–Trinajstić information content (AvgIpc) is 2.97. The van der Waals surface area contributed by atoms with Crippen LogP contribution in [0, 0.1) is 0 Å². The van der Waals surface area contributed by atoms with Crippen molar-refractivity contribution in [3.05, 3.63) is 21.0 Å². The number of nitrogen functional groups attached to an aromatic ring is 1. The lowest BCUT2D eigenvalue weighted by molar-refractivity contribution is -0.0435. The minimum Gasteiger partial charge on any atom is -0.394 e. The number of rotatable bonds is 4. The number of nitrogens with one attached hydrogen (secondary N) is 2. The lowest BCUT2D eigenvalue weighted by Gasteiger charge is -2.16. The number of ether oxygens (including phenoxy) is 1. The van der Waals surface area contributed by atoms with E-state index in [2.05, 4.69) is 19.5 Å². The molecular formula is C10H14N5O8P. The van der Waals surface area contributed by atoms with Gasteiger partial charge in [0.15, 0.2) is 5.65 Å². The Morgan fingerprint density at radius 3 is 2.75 bits per heavy atom. The zero-order chi connectivity index (χ0) is 17.6. The molecule has 132 valence electrons. The number of fused-ring (bicyclic) bond motifs is 1. The van der Waals surface area contributed by atoms with Crippen molar-refractivity contribution in [1.29, 1.82) is 0 Å². The number of H-pyrrole nitrogens is 2. The van der Waals surface area contributed by atoms with Gasteiger partial charge in [0.1, 0.15) is 29.8 Å². The van der Waals surface area contributed by atoms with Crippen molar-refractivity contribution in [2.75, 3.05) is 12.3 Å². The minimum atomic E-state index is -4.82. The quantitative estimate of drug-likeness (QED) is 0.322. The number of hydrogen-bond donors (Lipinski definition) is 6. The molecule has 7 N–H and O–H groups in total. The lowest BCUT2D eigenvalue weighted by atomic mass is 10.2. The van der Waals surface area contributed by atoms with Gasteiger partial charge in [-0.25, -0.2) is 18.7 Å². The summed E-state index contributed by atoms with van der Waals surface area (Å²) < 4.78 is 22.0. The van der Waals surface area contributed by atoms with Gasteiger partial charge >= 0.3 is 19.2 Å². The first-order valence-corrected chi connectivity index (χ1v) is 8.23. The molecule has 0 bridgehead atoms. The number of aromatic amines is 2. The molecule has 3 heterocycles. The fourth-order valence-corrected chi connectivity index (χ4v) is 3.19. The SMILES string of the molecule is Nc1[nH]c(=O)nc2c1[nH]c(=O)n2[C@H]1C[C@H](OP(=O)(O)O)[C@@H](CO)O1. The Morgan fingerprint density at radius 2 is 2.12 bits per heavy atom. The van der Waals surface area contributed by atoms with E-state index < -0.39 is 44.2 Å². The highest BCUT2D eigenvalue weighted by Gasteiger charge is 2.41. The van der Waals surface area contributed by atoms with E-state index in [1.807, 2.05) is 0 Å². The zero-order valence-electron chi connectivity index (χ0n) is 11.9. The number of aliphatic hydroxyl groups is 1. The molecule has 14 heteroatoms. The Labute approximate surface area is 132 Å². The van der Waals surface area contributed by atoms with Gasteiger partial charge in [-0.1, -0.05) is 0 Å². The number of anilines is 1. The van der Waals surface area contributed by atoms with Gasteiger partial charge in [0.2, 0.25) is 0 Å². The van der Waals surface area contributed by atoms with Gasteiger partial charge in [-0.05, 0) is 0 Å². The van der Waals surface area contributed by atoms with Crippen molar-refractivity contribution in [2.45, 2.75) is 24.9 Å². The molecule has 24 heavy (non-hydrogen) atoms. The molecule has 0 aliphatic carbocycles. The fourth-order valence-electron chi connectivity index (χ4n) is 2.62. The number of imidazole rings is 1. The Bertz CT molecular complexity index is 927. The lowest BCUT2D eigenvalue weighted by Crippen LogP contribution is -2.27. The van der Waals surface area contributed by atoms with E-state index >= 15 is 0 Å². The molecule has 2 aromatic heterocycles. The number of aromatic nitrogens is 4. The van der Waals surface area contributed by atoms with Gasteiger partial charge in [0.05, 0.1) is 6.61 Å². The van der Waals surface area contributed by atoms with Gasteiger partial charge in [-0.3, -0.25) is 9.51 Å². The van der Waals surface area contributed by atoms with E-state index in [0.29, 0.717) is 0 Å².